The van der Waals surface area contributed by atoms with Gasteiger partial charge in [-0.1, -0.05) is 23.9 Å². The van der Waals surface area contributed by atoms with E-state index in [0.29, 0.717) is 41.3 Å². The summed E-state index contributed by atoms with van der Waals surface area (Å²) in [4.78, 5) is 44.9. The van der Waals surface area contributed by atoms with Gasteiger partial charge in [0.15, 0.2) is 5.16 Å². The Morgan fingerprint density at radius 2 is 2.21 bits per heavy atom. The van der Waals surface area contributed by atoms with Gasteiger partial charge in [0.1, 0.15) is 4.83 Å². The smallest absolute Gasteiger partial charge is 0.263 e. The van der Waals surface area contributed by atoms with Gasteiger partial charge in [0.05, 0.1) is 11.1 Å². The molecule has 1 fully saturated rings. The maximum atomic E-state index is 13.2. The highest BCUT2D eigenvalue weighted by molar-refractivity contribution is 7.99. The second-order valence-electron chi connectivity index (χ2n) is 6.24. The second-order valence-corrected chi connectivity index (χ2v) is 8.99. The molecule has 0 radical (unpaired) electrons. The molecule has 0 aromatic carbocycles. The third-order valence-electron chi connectivity index (χ3n) is 4.46. The van der Waals surface area contributed by atoms with Gasteiger partial charge in [-0.3, -0.25) is 23.9 Å². The molecule has 0 unspecified atom stereocenters. The van der Waals surface area contributed by atoms with Crippen LogP contribution in [0.5, 0.6) is 0 Å². The first-order chi connectivity index (χ1) is 13.6. The number of amides is 2. The molecule has 0 N–H and O–H groups in total. The van der Waals surface area contributed by atoms with Crippen molar-refractivity contribution in [1.82, 2.24) is 14.5 Å². The minimum atomic E-state index is -0.238. The number of likely N-dealkylation sites (tertiary alicyclic amines) is 1. The lowest BCUT2D eigenvalue weighted by molar-refractivity contribution is -0.140. The van der Waals surface area contributed by atoms with Crippen LogP contribution in [-0.2, 0) is 16.1 Å². The van der Waals surface area contributed by atoms with Gasteiger partial charge < -0.3 is 0 Å². The molecule has 28 heavy (non-hydrogen) atoms. The normalized spacial score (nSPS) is 14.1. The maximum absolute atomic E-state index is 13.2. The largest absolute Gasteiger partial charge is 0.283 e. The molecular formula is C19H17N3O3S3. The molecule has 1 saturated heterocycles. The predicted octanol–water partition coefficient (Wildman–Crippen LogP) is 3.61. The molecule has 0 spiro atoms. The Hall–Kier alpha value is -2.23. The Labute approximate surface area is 173 Å². The van der Waals surface area contributed by atoms with Crippen molar-refractivity contribution in [2.75, 3.05) is 12.3 Å². The molecule has 4 rings (SSSR count). The molecular weight excluding hydrogens is 414 g/mol. The van der Waals surface area contributed by atoms with Gasteiger partial charge in [0.2, 0.25) is 11.8 Å². The lowest BCUT2D eigenvalue weighted by Crippen LogP contribution is -2.33. The van der Waals surface area contributed by atoms with Crippen molar-refractivity contribution in [3.8, 4) is 10.4 Å². The average Bonchev–Trinajstić information content (AvgIpc) is 3.42. The standard InChI is InChI=1S/C19H17N3O3S3/c1-2-7-22-18(25)16-12(13-5-4-9-26-13)10-27-17(16)20-19(22)28-11-15(24)21-8-3-6-14(21)23/h2,4-5,9-10H,1,3,6-8,11H2. The van der Waals surface area contributed by atoms with Crippen LogP contribution < -0.4 is 5.56 Å². The van der Waals surface area contributed by atoms with E-state index in [4.69, 9.17) is 0 Å². The van der Waals surface area contributed by atoms with Crippen LogP contribution in [0.2, 0.25) is 0 Å². The highest BCUT2D eigenvalue weighted by Crippen LogP contribution is 2.34. The fraction of sp³-hybridized carbons (Fsp3) is 0.263. The summed E-state index contributed by atoms with van der Waals surface area (Å²) >= 11 is 4.19. The van der Waals surface area contributed by atoms with Gasteiger partial charge in [-0.05, 0) is 17.9 Å². The molecule has 9 heteroatoms. The number of nitrogens with zero attached hydrogens (tertiary/aromatic N) is 3. The minimum Gasteiger partial charge on any atom is -0.283 e. The third-order valence-corrected chi connectivity index (χ3v) is 7.19. The molecule has 6 nitrogen and oxygen atoms in total. The molecule has 0 atom stereocenters. The molecule has 4 heterocycles. The minimum absolute atomic E-state index is 0.0734. The summed E-state index contributed by atoms with van der Waals surface area (Å²) in [7, 11) is 0. The van der Waals surface area contributed by atoms with Gasteiger partial charge in [0.25, 0.3) is 5.56 Å². The van der Waals surface area contributed by atoms with Crippen LogP contribution in [0, 0.1) is 0 Å². The number of carbonyl (C=O) groups is 2. The van der Waals surface area contributed by atoms with Crippen molar-refractivity contribution in [2.24, 2.45) is 0 Å². The van der Waals surface area contributed by atoms with E-state index in [2.05, 4.69) is 11.6 Å². The van der Waals surface area contributed by atoms with Crippen molar-refractivity contribution >= 4 is 56.5 Å². The van der Waals surface area contributed by atoms with Gasteiger partial charge in [-0.15, -0.1) is 29.3 Å². The van der Waals surface area contributed by atoms with E-state index in [1.54, 1.807) is 22.0 Å². The quantitative estimate of drug-likeness (QED) is 0.339. The van der Waals surface area contributed by atoms with E-state index < -0.39 is 0 Å². The summed E-state index contributed by atoms with van der Waals surface area (Å²) in [5.41, 5.74) is 0.752. The predicted molar refractivity (Wildman–Crippen MR) is 114 cm³/mol. The number of hydrogen-bond acceptors (Lipinski definition) is 7. The molecule has 2 amide bonds. The number of hydrogen-bond donors (Lipinski definition) is 0. The SMILES string of the molecule is C=CCn1c(SCC(=O)N2CCCC2=O)nc2scc(-c3cccs3)c2c1=O. The molecule has 3 aromatic heterocycles. The van der Waals surface area contributed by atoms with E-state index in [9.17, 15) is 14.4 Å². The van der Waals surface area contributed by atoms with E-state index in [1.807, 2.05) is 22.9 Å². The number of thiophene rings is 2. The zero-order chi connectivity index (χ0) is 19.7. The Morgan fingerprint density at radius 1 is 1.36 bits per heavy atom. The van der Waals surface area contributed by atoms with Crippen molar-refractivity contribution in [2.45, 2.75) is 24.5 Å². The van der Waals surface area contributed by atoms with Crippen LogP contribution in [0.4, 0.5) is 0 Å². The lowest BCUT2D eigenvalue weighted by atomic mass is 10.2. The summed E-state index contributed by atoms with van der Waals surface area (Å²) in [6.45, 7) is 4.51. The Morgan fingerprint density at radius 3 is 2.89 bits per heavy atom. The van der Waals surface area contributed by atoms with Crippen molar-refractivity contribution < 1.29 is 9.59 Å². The highest BCUT2D eigenvalue weighted by atomic mass is 32.2. The van der Waals surface area contributed by atoms with E-state index in [-0.39, 0.29) is 23.1 Å². The summed E-state index contributed by atoms with van der Waals surface area (Å²) in [6, 6.07) is 3.94. The number of aromatic nitrogens is 2. The van der Waals surface area contributed by atoms with Gasteiger partial charge >= 0.3 is 0 Å². The average molecular weight is 432 g/mol. The van der Waals surface area contributed by atoms with E-state index in [0.717, 1.165) is 10.4 Å². The fourth-order valence-corrected chi connectivity index (χ4v) is 5.82. The van der Waals surface area contributed by atoms with Crippen molar-refractivity contribution in [3.05, 3.63) is 45.9 Å². The second kappa shape index (κ2) is 8.02. The molecule has 3 aromatic rings. The summed E-state index contributed by atoms with van der Waals surface area (Å²) in [5, 5.41) is 4.99. The lowest BCUT2D eigenvalue weighted by Gasteiger charge is -2.14. The number of thioether (sulfide) groups is 1. The first kappa shape index (κ1) is 19.1. The maximum Gasteiger partial charge on any atom is 0.263 e. The first-order valence-corrected chi connectivity index (χ1v) is 11.5. The van der Waals surface area contributed by atoms with Crippen molar-refractivity contribution in [1.29, 1.82) is 0 Å². The van der Waals surface area contributed by atoms with Crippen LogP contribution in [0.1, 0.15) is 12.8 Å². The van der Waals surface area contributed by atoms with Crippen LogP contribution in [-0.4, -0.2) is 38.6 Å². The Bertz CT molecular complexity index is 1110. The number of imide groups is 1. The third kappa shape index (κ3) is 3.45. The molecule has 0 aliphatic carbocycles. The van der Waals surface area contributed by atoms with Crippen LogP contribution in [0.3, 0.4) is 0 Å². The van der Waals surface area contributed by atoms with Crippen LogP contribution in [0.15, 0.2) is 45.5 Å². The monoisotopic (exact) mass is 431 g/mol. The van der Waals surface area contributed by atoms with Gasteiger partial charge in [-0.2, -0.15) is 0 Å². The fourth-order valence-electron chi connectivity index (χ4n) is 3.14. The van der Waals surface area contributed by atoms with Crippen LogP contribution >= 0.6 is 34.4 Å². The molecule has 0 bridgehead atoms. The Balaban J connectivity index is 1.69. The number of fused-ring (bicyclic) bond motifs is 1. The molecule has 144 valence electrons. The summed E-state index contributed by atoms with van der Waals surface area (Å²) in [6.07, 6.45) is 2.77. The zero-order valence-corrected chi connectivity index (χ0v) is 17.4. The van der Waals surface area contributed by atoms with Crippen LogP contribution in [0.25, 0.3) is 20.7 Å². The Kier molecular flexibility index (Phi) is 5.47. The zero-order valence-electron chi connectivity index (χ0n) is 14.9. The molecule has 1 aliphatic rings. The number of allylic oxidation sites excluding steroid dienone is 1. The van der Waals surface area contributed by atoms with Gasteiger partial charge in [0, 0.05) is 35.3 Å². The topological polar surface area (TPSA) is 72.3 Å². The summed E-state index contributed by atoms with van der Waals surface area (Å²) in [5.74, 6) is -0.293. The van der Waals surface area contributed by atoms with E-state index >= 15 is 0 Å². The van der Waals surface area contributed by atoms with Crippen molar-refractivity contribution in [3.63, 3.8) is 0 Å². The first-order valence-electron chi connectivity index (χ1n) is 8.73. The van der Waals surface area contributed by atoms with E-state index in [1.165, 1.54) is 28.0 Å². The molecule has 1 aliphatic heterocycles. The molecule has 0 saturated carbocycles. The number of carbonyl (C=O) groups excluding carboxylic acids is 2. The van der Waals surface area contributed by atoms with Gasteiger partial charge in [-0.25, -0.2) is 4.98 Å². The number of rotatable bonds is 6. The highest BCUT2D eigenvalue weighted by Gasteiger charge is 2.27. The summed E-state index contributed by atoms with van der Waals surface area (Å²) < 4.78 is 1.54.